The second kappa shape index (κ2) is 5.70. The lowest BCUT2D eigenvalue weighted by atomic mass is 9.92. The number of hydrogen-bond donors (Lipinski definition) is 0. The molecule has 3 nitrogen and oxygen atoms in total. The molecule has 2 rings (SSSR count). The molecule has 0 bridgehead atoms. The fourth-order valence-electron chi connectivity index (χ4n) is 2.87. The van der Waals surface area contributed by atoms with Crippen LogP contribution in [-0.2, 0) is 9.53 Å². The summed E-state index contributed by atoms with van der Waals surface area (Å²) in [5.74, 6) is 1.14. The third-order valence-corrected chi connectivity index (χ3v) is 4.94. The van der Waals surface area contributed by atoms with Crippen molar-refractivity contribution in [1.82, 2.24) is 4.90 Å². The van der Waals surface area contributed by atoms with Crippen LogP contribution >= 0.6 is 15.9 Å². The predicted molar refractivity (Wildman–Crippen MR) is 71.2 cm³/mol. The predicted octanol–water partition coefficient (Wildman–Crippen LogP) is 2.43. The normalized spacial score (nSPS) is 32.8. The van der Waals surface area contributed by atoms with Crippen molar-refractivity contribution in [2.75, 3.05) is 19.7 Å². The van der Waals surface area contributed by atoms with Gasteiger partial charge in [0.2, 0.25) is 5.91 Å². The Morgan fingerprint density at radius 2 is 2.00 bits per heavy atom. The summed E-state index contributed by atoms with van der Waals surface area (Å²) in [6.45, 7) is 6.80. The SMILES string of the molecule is CC(Br)C1CCN(C(=O)C2CCOC2C)CC1. The van der Waals surface area contributed by atoms with Crippen molar-refractivity contribution in [3.05, 3.63) is 0 Å². The van der Waals surface area contributed by atoms with Crippen LogP contribution in [0.5, 0.6) is 0 Å². The summed E-state index contributed by atoms with van der Waals surface area (Å²) in [5, 5.41) is 0. The maximum absolute atomic E-state index is 12.3. The van der Waals surface area contributed by atoms with Crippen molar-refractivity contribution >= 4 is 21.8 Å². The number of alkyl halides is 1. The standard InChI is InChI=1S/C13H22BrNO2/c1-9(14)11-3-6-15(7-4-11)13(16)12-5-8-17-10(12)2/h9-12H,3-8H2,1-2H3. The van der Waals surface area contributed by atoms with Gasteiger partial charge in [0, 0.05) is 24.5 Å². The van der Waals surface area contributed by atoms with Gasteiger partial charge in [-0.25, -0.2) is 0 Å². The van der Waals surface area contributed by atoms with E-state index < -0.39 is 0 Å². The molecule has 98 valence electrons. The van der Waals surface area contributed by atoms with Gasteiger partial charge in [-0.15, -0.1) is 0 Å². The van der Waals surface area contributed by atoms with Gasteiger partial charge in [0.25, 0.3) is 0 Å². The first-order chi connectivity index (χ1) is 8.09. The smallest absolute Gasteiger partial charge is 0.228 e. The Labute approximate surface area is 112 Å². The van der Waals surface area contributed by atoms with Gasteiger partial charge in [-0.2, -0.15) is 0 Å². The van der Waals surface area contributed by atoms with Crippen molar-refractivity contribution in [3.8, 4) is 0 Å². The molecule has 2 aliphatic rings. The summed E-state index contributed by atoms with van der Waals surface area (Å²) in [7, 11) is 0. The average molecular weight is 304 g/mol. The highest BCUT2D eigenvalue weighted by molar-refractivity contribution is 9.09. The highest BCUT2D eigenvalue weighted by Crippen LogP contribution is 2.28. The number of halogens is 1. The van der Waals surface area contributed by atoms with E-state index in [0.717, 1.165) is 44.9 Å². The fourth-order valence-corrected chi connectivity index (χ4v) is 3.40. The van der Waals surface area contributed by atoms with Gasteiger partial charge in [0.1, 0.15) is 0 Å². The van der Waals surface area contributed by atoms with Crippen LogP contribution in [0.3, 0.4) is 0 Å². The van der Waals surface area contributed by atoms with E-state index in [1.807, 2.05) is 11.8 Å². The lowest BCUT2D eigenvalue weighted by Gasteiger charge is -2.35. The Hall–Kier alpha value is -0.0900. The first-order valence-corrected chi connectivity index (χ1v) is 7.55. The summed E-state index contributed by atoms with van der Waals surface area (Å²) in [5.41, 5.74) is 0. The van der Waals surface area contributed by atoms with E-state index >= 15 is 0 Å². The molecular weight excluding hydrogens is 282 g/mol. The highest BCUT2D eigenvalue weighted by atomic mass is 79.9. The first-order valence-electron chi connectivity index (χ1n) is 6.64. The van der Waals surface area contributed by atoms with E-state index in [2.05, 4.69) is 22.9 Å². The third kappa shape index (κ3) is 3.02. The van der Waals surface area contributed by atoms with Gasteiger partial charge in [0.15, 0.2) is 0 Å². The number of hydrogen-bond acceptors (Lipinski definition) is 2. The molecule has 2 fully saturated rings. The Bertz CT molecular complexity index is 275. The Balaban J connectivity index is 1.86. The van der Waals surface area contributed by atoms with Crippen molar-refractivity contribution in [3.63, 3.8) is 0 Å². The van der Waals surface area contributed by atoms with Crippen LogP contribution in [-0.4, -0.2) is 41.4 Å². The van der Waals surface area contributed by atoms with Gasteiger partial charge in [0.05, 0.1) is 12.0 Å². The number of likely N-dealkylation sites (tertiary alicyclic amines) is 1. The molecule has 4 heteroatoms. The van der Waals surface area contributed by atoms with Crippen molar-refractivity contribution in [2.24, 2.45) is 11.8 Å². The van der Waals surface area contributed by atoms with Crippen molar-refractivity contribution in [1.29, 1.82) is 0 Å². The zero-order chi connectivity index (χ0) is 12.4. The Kier molecular flexibility index (Phi) is 4.47. The zero-order valence-electron chi connectivity index (χ0n) is 10.7. The molecule has 0 aromatic heterocycles. The lowest BCUT2D eigenvalue weighted by Crippen LogP contribution is -2.44. The van der Waals surface area contributed by atoms with Crippen LogP contribution in [0.15, 0.2) is 0 Å². The number of carbonyl (C=O) groups excluding carboxylic acids is 1. The molecule has 0 saturated carbocycles. The number of ether oxygens (including phenoxy) is 1. The molecule has 2 aliphatic heterocycles. The van der Waals surface area contributed by atoms with E-state index in [-0.39, 0.29) is 12.0 Å². The molecule has 0 radical (unpaired) electrons. The molecule has 0 aliphatic carbocycles. The largest absolute Gasteiger partial charge is 0.378 e. The average Bonchev–Trinajstić information content (AvgIpc) is 2.74. The van der Waals surface area contributed by atoms with Crippen LogP contribution in [0.2, 0.25) is 0 Å². The quantitative estimate of drug-likeness (QED) is 0.733. The number of piperidine rings is 1. The summed E-state index contributed by atoms with van der Waals surface area (Å²) in [4.78, 5) is 14.9. The molecule has 2 heterocycles. The second-order valence-corrected chi connectivity index (χ2v) is 6.76. The van der Waals surface area contributed by atoms with Crippen molar-refractivity contribution < 1.29 is 9.53 Å². The molecule has 3 unspecified atom stereocenters. The van der Waals surface area contributed by atoms with Gasteiger partial charge in [-0.1, -0.05) is 22.9 Å². The van der Waals surface area contributed by atoms with Crippen molar-refractivity contribution in [2.45, 2.75) is 44.0 Å². The summed E-state index contributed by atoms with van der Waals surface area (Å²) in [6, 6.07) is 0. The number of nitrogens with zero attached hydrogens (tertiary/aromatic N) is 1. The van der Waals surface area contributed by atoms with E-state index in [4.69, 9.17) is 4.74 Å². The summed E-state index contributed by atoms with van der Waals surface area (Å²) >= 11 is 3.65. The minimum Gasteiger partial charge on any atom is -0.378 e. The molecule has 1 amide bonds. The lowest BCUT2D eigenvalue weighted by molar-refractivity contribution is -0.138. The molecule has 0 N–H and O–H groups in total. The monoisotopic (exact) mass is 303 g/mol. The van der Waals surface area contributed by atoms with Crippen LogP contribution in [0.4, 0.5) is 0 Å². The summed E-state index contributed by atoms with van der Waals surface area (Å²) in [6.07, 6.45) is 3.25. The molecule has 0 aromatic carbocycles. The third-order valence-electron chi connectivity index (χ3n) is 4.19. The molecule has 0 aromatic rings. The van der Waals surface area contributed by atoms with Crippen LogP contribution in [0.25, 0.3) is 0 Å². The van der Waals surface area contributed by atoms with E-state index in [9.17, 15) is 4.79 Å². The van der Waals surface area contributed by atoms with Gasteiger partial charge >= 0.3 is 0 Å². The molecular formula is C13H22BrNO2. The number of amides is 1. The fraction of sp³-hybridized carbons (Fsp3) is 0.923. The van der Waals surface area contributed by atoms with E-state index in [1.165, 1.54) is 0 Å². The molecule has 0 spiro atoms. The van der Waals surface area contributed by atoms with Gasteiger partial charge < -0.3 is 9.64 Å². The Morgan fingerprint density at radius 1 is 1.35 bits per heavy atom. The molecule has 3 atom stereocenters. The molecule has 2 saturated heterocycles. The maximum Gasteiger partial charge on any atom is 0.228 e. The maximum atomic E-state index is 12.3. The van der Waals surface area contributed by atoms with Crippen LogP contribution in [0.1, 0.15) is 33.1 Å². The summed E-state index contributed by atoms with van der Waals surface area (Å²) < 4.78 is 5.48. The van der Waals surface area contributed by atoms with Gasteiger partial charge in [-0.05, 0) is 32.1 Å². The minimum atomic E-state index is 0.105. The van der Waals surface area contributed by atoms with Crippen LogP contribution < -0.4 is 0 Å². The Morgan fingerprint density at radius 3 is 2.47 bits per heavy atom. The van der Waals surface area contributed by atoms with Crippen LogP contribution in [0, 0.1) is 11.8 Å². The minimum absolute atomic E-state index is 0.105. The first kappa shape index (κ1) is 13.3. The second-order valence-electron chi connectivity index (χ2n) is 5.31. The van der Waals surface area contributed by atoms with E-state index in [0.29, 0.717) is 10.7 Å². The highest BCUT2D eigenvalue weighted by Gasteiger charge is 2.35. The molecule has 17 heavy (non-hydrogen) atoms. The number of rotatable bonds is 2. The topological polar surface area (TPSA) is 29.5 Å². The van der Waals surface area contributed by atoms with E-state index in [1.54, 1.807) is 0 Å². The zero-order valence-corrected chi connectivity index (χ0v) is 12.3. The number of carbonyl (C=O) groups is 1. The van der Waals surface area contributed by atoms with Gasteiger partial charge in [-0.3, -0.25) is 4.79 Å².